The first-order valence-electron chi connectivity index (χ1n) is 6.30. The van der Waals surface area contributed by atoms with Gasteiger partial charge in [0.15, 0.2) is 0 Å². The van der Waals surface area contributed by atoms with Gasteiger partial charge < -0.3 is 4.74 Å². The van der Waals surface area contributed by atoms with Crippen molar-refractivity contribution in [1.29, 1.82) is 0 Å². The lowest BCUT2D eigenvalue weighted by Gasteiger charge is -2.17. The van der Waals surface area contributed by atoms with Crippen LogP contribution in [-0.4, -0.2) is 25.0 Å². The minimum atomic E-state index is -5.83. The summed E-state index contributed by atoms with van der Waals surface area (Å²) in [7, 11) is 1.48. The molecule has 0 saturated carbocycles. The van der Waals surface area contributed by atoms with E-state index in [-0.39, 0.29) is 6.42 Å². The zero-order chi connectivity index (χ0) is 16.1. The van der Waals surface area contributed by atoms with Crippen LogP contribution in [0.4, 0.5) is 22.0 Å². The van der Waals surface area contributed by atoms with Gasteiger partial charge in [-0.3, -0.25) is 4.79 Å². The number of benzene rings is 1. The Morgan fingerprint density at radius 3 is 2.29 bits per heavy atom. The highest BCUT2D eigenvalue weighted by Crippen LogP contribution is 2.37. The topological polar surface area (TPSA) is 26.3 Å². The van der Waals surface area contributed by atoms with Gasteiger partial charge in [0, 0.05) is 6.42 Å². The van der Waals surface area contributed by atoms with E-state index in [1.807, 2.05) is 0 Å². The number of Topliss-reactive ketones (excluding diaryl/α,β-unsaturated/α-hetero) is 1. The van der Waals surface area contributed by atoms with Crippen LogP contribution in [0.5, 0.6) is 5.75 Å². The lowest BCUT2D eigenvalue weighted by molar-refractivity contribution is -0.268. The lowest BCUT2D eigenvalue weighted by atomic mass is 10.0. The van der Waals surface area contributed by atoms with Crippen molar-refractivity contribution in [3.8, 4) is 5.75 Å². The Morgan fingerprint density at radius 1 is 1.10 bits per heavy atom. The van der Waals surface area contributed by atoms with Crippen molar-refractivity contribution >= 4 is 5.78 Å². The number of methoxy groups -OCH3 is 1. The number of para-hydroxylation sites is 1. The Kier molecular flexibility index (Phi) is 5.69. The fourth-order valence-electron chi connectivity index (χ4n) is 1.83. The second-order valence-corrected chi connectivity index (χ2v) is 4.51. The summed E-state index contributed by atoms with van der Waals surface area (Å²) in [6.45, 7) is 0. The molecule has 1 aromatic carbocycles. The summed E-state index contributed by atoms with van der Waals surface area (Å²) in [6.07, 6.45) is -5.91. The molecule has 118 valence electrons. The van der Waals surface area contributed by atoms with Gasteiger partial charge in [-0.05, 0) is 30.9 Å². The number of carbonyl (C=O) groups excluding carboxylic acids is 1. The van der Waals surface area contributed by atoms with Gasteiger partial charge in [-0.1, -0.05) is 18.2 Å². The molecule has 0 spiro atoms. The van der Waals surface area contributed by atoms with Crippen LogP contribution < -0.4 is 4.74 Å². The standard InChI is InChI=1S/C14H15F5O2/c1-21-11-8-4-2-6-10(11)7-3-5-9-12(20)13(15,16)14(17,18)19/h2,4,6,8H,3,5,7,9H2,1H3. The predicted molar refractivity (Wildman–Crippen MR) is 66.6 cm³/mol. The summed E-state index contributed by atoms with van der Waals surface area (Å²) >= 11 is 0. The van der Waals surface area contributed by atoms with Gasteiger partial charge >= 0.3 is 12.1 Å². The lowest BCUT2D eigenvalue weighted by Crippen LogP contribution is -2.43. The van der Waals surface area contributed by atoms with E-state index < -0.39 is 24.3 Å². The molecule has 1 aromatic rings. The third-order valence-electron chi connectivity index (χ3n) is 3.00. The summed E-state index contributed by atoms with van der Waals surface area (Å²) in [5, 5.41) is 0. The Balaban J connectivity index is 2.46. The third kappa shape index (κ3) is 4.41. The van der Waals surface area contributed by atoms with Crippen molar-refractivity contribution in [1.82, 2.24) is 0 Å². The fraction of sp³-hybridized carbons (Fsp3) is 0.500. The quantitative estimate of drug-likeness (QED) is 0.558. The first-order valence-corrected chi connectivity index (χ1v) is 6.30. The van der Waals surface area contributed by atoms with Crippen LogP contribution in [0.15, 0.2) is 24.3 Å². The minimum Gasteiger partial charge on any atom is -0.496 e. The molecule has 0 heterocycles. The van der Waals surface area contributed by atoms with E-state index >= 15 is 0 Å². The number of ketones is 1. The van der Waals surface area contributed by atoms with E-state index in [9.17, 15) is 26.7 Å². The molecule has 0 aliphatic carbocycles. The number of halogens is 5. The van der Waals surface area contributed by atoms with Crippen molar-refractivity contribution in [3.63, 3.8) is 0 Å². The molecule has 0 radical (unpaired) electrons. The maximum absolute atomic E-state index is 12.7. The molecule has 1 rings (SSSR count). The van der Waals surface area contributed by atoms with E-state index in [0.29, 0.717) is 18.6 Å². The number of hydrogen-bond acceptors (Lipinski definition) is 2. The summed E-state index contributed by atoms with van der Waals surface area (Å²) < 4.78 is 66.4. The average molecular weight is 310 g/mol. The first kappa shape index (κ1) is 17.4. The van der Waals surface area contributed by atoms with Crippen LogP contribution in [0.25, 0.3) is 0 Å². The van der Waals surface area contributed by atoms with Crippen molar-refractivity contribution in [2.75, 3.05) is 7.11 Å². The molecule has 7 heteroatoms. The molecule has 0 fully saturated rings. The summed E-state index contributed by atoms with van der Waals surface area (Å²) in [5.74, 6) is -6.74. The molecule has 0 atom stereocenters. The molecule has 0 aromatic heterocycles. The molecule has 0 aliphatic rings. The number of alkyl halides is 5. The molecule has 0 bridgehead atoms. The summed E-state index contributed by atoms with van der Waals surface area (Å²) in [4.78, 5) is 11.0. The molecule has 21 heavy (non-hydrogen) atoms. The normalized spacial score (nSPS) is 12.3. The van der Waals surface area contributed by atoms with Crippen LogP contribution in [0.2, 0.25) is 0 Å². The van der Waals surface area contributed by atoms with E-state index in [0.717, 1.165) is 5.56 Å². The highest BCUT2D eigenvalue weighted by molar-refractivity contribution is 5.86. The Morgan fingerprint density at radius 2 is 1.71 bits per heavy atom. The smallest absolute Gasteiger partial charge is 0.461 e. The van der Waals surface area contributed by atoms with Gasteiger partial charge in [0.25, 0.3) is 0 Å². The van der Waals surface area contributed by atoms with Gasteiger partial charge in [0.2, 0.25) is 5.78 Å². The molecule has 2 nitrogen and oxygen atoms in total. The zero-order valence-electron chi connectivity index (χ0n) is 11.3. The Hall–Kier alpha value is -1.66. The predicted octanol–water partition coefficient (Wildman–Crippen LogP) is 4.17. The van der Waals surface area contributed by atoms with Gasteiger partial charge in [0.1, 0.15) is 5.75 Å². The van der Waals surface area contributed by atoms with Gasteiger partial charge in [0.05, 0.1) is 7.11 Å². The number of ether oxygens (including phenoxy) is 1. The maximum Gasteiger partial charge on any atom is 0.461 e. The number of carbonyl (C=O) groups is 1. The van der Waals surface area contributed by atoms with Crippen molar-refractivity contribution in [3.05, 3.63) is 29.8 Å². The van der Waals surface area contributed by atoms with Crippen LogP contribution in [-0.2, 0) is 11.2 Å². The average Bonchev–Trinajstić information content (AvgIpc) is 2.42. The molecule has 0 aliphatic heterocycles. The minimum absolute atomic E-state index is 0.0391. The first-order chi connectivity index (χ1) is 9.70. The Bertz CT molecular complexity index is 482. The SMILES string of the molecule is COc1ccccc1CCCCC(=O)C(F)(F)C(F)(F)F. The van der Waals surface area contributed by atoms with Gasteiger partial charge in [-0.25, -0.2) is 0 Å². The molecular formula is C14H15F5O2. The number of hydrogen-bond donors (Lipinski definition) is 0. The molecule has 0 saturated heterocycles. The van der Waals surface area contributed by atoms with Crippen LogP contribution in [0.1, 0.15) is 24.8 Å². The van der Waals surface area contributed by atoms with Crippen molar-refractivity contribution in [2.24, 2.45) is 0 Å². The number of rotatable bonds is 7. The number of aryl methyl sites for hydroxylation is 1. The monoisotopic (exact) mass is 310 g/mol. The highest BCUT2D eigenvalue weighted by atomic mass is 19.4. The Labute approximate surface area is 118 Å². The molecule has 0 N–H and O–H groups in total. The summed E-state index contributed by atoms with van der Waals surface area (Å²) in [5.41, 5.74) is 0.815. The van der Waals surface area contributed by atoms with E-state index in [1.165, 1.54) is 7.11 Å². The zero-order valence-corrected chi connectivity index (χ0v) is 11.3. The molecular weight excluding hydrogens is 295 g/mol. The highest BCUT2D eigenvalue weighted by Gasteiger charge is 2.62. The van der Waals surface area contributed by atoms with Gasteiger partial charge in [-0.2, -0.15) is 22.0 Å². The fourth-order valence-corrected chi connectivity index (χ4v) is 1.83. The molecule has 0 unspecified atom stereocenters. The van der Waals surface area contributed by atoms with Crippen LogP contribution >= 0.6 is 0 Å². The van der Waals surface area contributed by atoms with E-state index in [2.05, 4.69) is 0 Å². The largest absolute Gasteiger partial charge is 0.496 e. The third-order valence-corrected chi connectivity index (χ3v) is 3.00. The van der Waals surface area contributed by atoms with E-state index in [4.69, 9.17) is 4.74 Å². The maximum atomic E-state index is 12.7. The van der Waals surface area contributed by atoms with Crippen molar-refractivity contribution < 1.29 is 31.5 Å². The second-order valence-electron chi connectivity index (χ2n) is 4.51. The van der Waals surface area contributed by atoms with Crippen LogP contribution in [0, 0.1) is 0 Å². The van der Waals surface area contributed by atoms with Crippen molar-refractivity contribution in [2.45, 2.75) is 37.8 Å². The summed E-state index contributed by atoms with van der Waals surface area (Å²) in [6, 6.07) is 7.01. The van der Waals surface area contributed by atoms with E-state index in [1.54, 1.807) is 24.3 Å². The second kappa shape index (κ2) is 6.87. The molecule has 0 amide bonds. The van der Waals surface area contributed by atoms with Gasteiger partial charge in [-0.15, -0.1) is 0 Å². The van der Waals surface area contributed by atoms with Crippen LogP contribution in [0.3, 0.4) is 0 Å². The number of unbranched alkanes of at least 4 members (excludes halogenated alkanes) is 1.